The molecule has 0 rings (SSSR count). The number of carbonyl (C=O) groups is 3. The van der Waals surface area contributed by atoms with Gasteiger partial charge in [0, 0.05) is 0 Å². The molecule has 74 valence electrons. The molecular weight excluding hydrogens is 235 g/mol. The fourth-order valence-electron chi connectivity index (χ4n) is 0.822. The maximum atomic E-state index is 10.9. The summed E-state index contributed by atoms with van der Waals surface area (Å²) in [6, 6.07) is 0. The Hall–Kier alpha value is -0.632. The molecule has 0 fully saturated rings. The number of rotatable bonds is 7. The van der Waals surface area contributed by atoms with Gasteiger partial charge in [0.1, 0.15) is 0 Å². The molecule has 0 aromatic rings. The van der Waals surface area contributed by atoms with Gasteiger partial charge in [-0.3, -0.25) is 0 Å². The summed E-state index contributed by atoms with van der Waals surface area (Å²) in [7, 11) is 0. The van der Waals surface area contributed by atoms with Gasteiger partial charge in [-0.25, -0.2) is 0 Å². The first-order chi connectivity index (χ1) is 6.06. The van der Waals surface area contributed by atoms with Crippen molar-refractivity contribution in [3.8, 4) is 0 Å². The molecule has 1 unspecified atom stereocenters. The van der Waals surface area contributed by atoms with E-state index in [4.69, 9.17) is 5.11 Å². The summed E-state index contributed by atoms with van der Waals surface area (Å²) in [6.45, 7) is 0. The standard InChI is InChI=1S/C8H13AsO4/c9-4-3-6(10)1-2-7(11)5-8(12)13/h1-5,9H2,(H,12,13). The van der Waals surface area contributed by atoms with Gasteiger partial charge < -0.3 is 0 Å². The van der Waals surface area contributed by atoms with Crippen LogP contribution in [0.3, 0.4) is 0 Å². The molecular formula is C8H13AsO4. The Morgan fingerprint density at radius 3 is 2.00 bits per heavy atom. The van der Waals surface area contributed by atoms with E-state index in [0.29, 0.717) is 6.42 Å². The molecule has 0 aromatic carbocycles. The minimum absolute atomic E-state index is 0.0445. The molecule has 13 heavy (non-hydrogen) atoms. The van der Waals surface area contributed by atoms with E-state index in [0.717, 1.165) is 5.21 Å². The van der Waals surface area contributed by atoms with Gasteiger partial charge in [-0.05, 0) is 0 Å². The van der Waals surface area contributed by atoms with Crippen LogP contribution in [-0.2, 0) is 14.4 Å². The SMILES string of the molecule is O=C(O)CC(=O)CCC(=O)CC[AsH2]. The van der Waals surface area contributed by atoms with E-state index in [2.05, 4.69) is 0 Å². The molecule has 0 amide bonds. The van der Waals surface area contributed by atoms with Crippen LogP contribution in [0.25, 0.3) is 0 Å². The average Bonchev–Trinajstić information content (AvgIpc) is 2.00. The average molecular weight is 248 g/mol. The first-order valence-electron chi connectivity index (χ1n) is 4.01. The van der Waals surface area contributed by atoms with Gasteiger partial charge in [0.15, 0.2) is 0 Å². The van der Waals surface area contributed by atoms with Crippen LogP contribution >= 0.6 is 0 Å². The van der Waals surface area contributed by atoms with Gasteiger partial charge >= 0.3 is 84.8 Å². The predicted octanol–water partition coefficient (Wildman–Crippen LogP) is -0.179. The van der Waals surface area contributed by atoms with Crippen molar-refractivity contribution in [2.24, 2.45) is 0 Å². The second-order valence-electron chi connectivity index (χ2n) is 2.69. The summed E-state index contributed by atoms with van der Waals surface area (Å²) in [5, 5.41) is 9.08. The molecule has 1 N–H and O–H groups in total. The molecule has 0 aromatic heterocycles. The zero-order valence-corrected chi connectivity index (χ0v) is 9.71. The Labute approximate surface area is 85.2 Å². The molecule has 0 aliphatic heterocycles. The second kappa shape index (κ2) is 6.84. The van der Waals surface area contributed by atoms with Crippen molar-refractivity contribution in [2.45, 2.75) is 30.9 Å². The number of hydrogen-bond acceptors (Lipinski definition) is 3. The Kier molecular flexibility index (Phi) is 6.51. The van der Waals surface area contributed by atoms with Crippen LogP contribution < -0.4 is 0 Å². The zero-order chi connectivity index (χ0) is 10.3. The van der Waals surface area contributed by atoms with Crippen LogP contribution in [0.2, 0.25) is 5.21 Å². The molecule has 0 saturated heterocycles. The predicted molar refractivity (Wildman–Crippen MR) is 49.5 cm³/mol. The van der Waals surface area contributed by atoms with Crippen LogP contribution in [0, 0.1) is 0 Å². The Morgan fingerprint density at radius 2 is 1.54 bits per heavy atom. The summed E-state index contributed by atoms with van der Waals surface area (Å²) in [6.07, 6.45) is 0.290. The van der Waals surface area contributed by atoms with Crippen molar-refractivity contribution in [3.05, 3.63) is 0 Å². The third kappa shape index (κ3) is 7.72. The molecule has 0 radical (unpaired) electrons. The summed E-state index contributed by atoms with van der Waals surface area (Å²) < 4.78 is 0. The van der Waals surface area contributed by atoms with Crippen molar-refractivity contribution in [1.82, 2.24) is 0 Å². The molecule has 0 heterocycles. The van der Waals surface area contributed by atoms with Crippen LogP contribution in [0.5, 0.6) is 0 Å². The van der Waals surface area contributed by atoms with Crippen LogP contribution in [0.4, 0.5) is 0 Å². The third-order valence-corrected chi connectivity index (χ3v) is 2.06. The number of carboxylic acids is 1. The van der Waals surface area contributed by atoms with Crippen molar-refractivity contribution >= 4 is 34.4 Å². The van der Waals surface area contributed by atoms with Gasteiger partial charge in [-0.1, -0.05) is 0 Å². The van der Waals surface area contributed by atoms with Crippen molar-refractivity contribution in [1.29, 1.82) is 0 Å². The van der Waals surface area contributed by atoms with E-state index in [1.54, 1.807) is 0 Å². The minimum atomic E-state index is -1.13. The number of carbonyl (C=O) groups excluding carboxylic acids is 2. The number of aliphatic carboxylic acids is 1. The summed E-state index contributed by atoms with van der Waals surface area (Å²) in [4.78, 5) is 31.9. The fraction of sp³-hybridized carbons (Fsp3) is 0.625. The van der Waals surface area contributed by atoms with E-state index in [1.807, 2.05) is 0 Å². The third-order valence-electron chi connectivity index (χ3n) is 1.45. The second-order valence-corrected chi connectivity index (χ2v) is 3.90. The zero-order valence-electron chi connectivity index (χ0n) is 7.28. The Bertz CT molecular complexity index is 212. The number of ketones is 2. The molecule has 0 aliphatic carbocycles. The van der Waals surface area contributed by atoms with Gasteiger partial charge in [0.25, 0.3) is 0 Å². The molecule has 0 saturated carbocycles. The van der Waals surface area contributed by atoms with E-state index in [9.17, 15) is 14.4 Å². The first-order valence-corrected chi connectivity index (χ1v) is 5.73. The topological polar surface area (TPSA) is 71.4 Å². The molecule has 0 aliphatic rings. The summed E-state index contributed by atoms with van der Waals surface area (Å²) >= 11 is 1.48. The van der Waals surface area contributed by atoms with Crippen LogP contribution in [0.1, 0.15) is 25.7 Å². The van der Waals surface area contributed by atoms with E-state index >= 15 is 0 Å². The Balaban J connectivity index is 3.58. The summed E-state index contributed by atoms with van der Waals surface area (Å²) in [5.41, 5.74) is 0. The van der Waals surface area contributed by atoms with Gasteiger partial charge in [-0.2, -0.15) is 0 Å². The fourth-order valence-corrected chi connectivity index (χ4v) is 1.50. The summed E-state index contributed by atoms with van der Waals surface area (Å²) in [5.74, 6) is -1.46. The van der Waals surface area contributed by atoms with E-state index in [-0.39, 0.29) is 24.4 Å². The monoisotopic (exact) mass is 248 g/mol. The molecule has 4 nitrogen and oxygen atoms in total. The first kappa shape index (κ1) is 12.4. The maximum absolute atomic E-state index is 10.9. The Morgan fingerprint density at radius 1 is 1.00 bits per heavy atom. The molecule has 1 atom stereocenters. The van der Waals surface area contributed by atoms with Gasteiger partial charge in [-0.15, -0.1) is 0 Å². The van der Waals surface area contributed by atoms with Crippen molar-refractivity contribution in [3.63, 3.8) is 0 Å². The molecule has 0 bridgehead atoms. The van der Waals surface area contributed by atoms with Crippen molar-refractivity contribution < 1.29 is 19.5 Å². The molecule has 0 spiro atoms. The number of hydrogen-bond donors (Lipinski definition) is 1. The normalized spacial score (nSPS) is 9.62. The quantitative estimate of drug-likeness (QED) is 0.501. The van der Waals surface area contributed by atoms with E-state index in [1.165, 1.54) is 16.9 Å². The van der Waals surface area contributed by atoms with Crippen molar-refractivity contribution in [2.75, 3.05) is 0 Å². The van der Waals surface area contributed by atoms with Crippen LogP contribution in [-0.4, -0.2) is 39.5 Å². The van der Waals surface area contributed by atoms with Gasteiger partial charge in [0.05, 0.1) is 0 Å². The van der Waals surface area contributed by atoms with Gasteiger partial charge in [0.2, 0.25) is 0 Å². The number of carboxylic acid groups (broad SMARTS) is 1. The molecule has 5 heteroatoms. The van der Waals surface area contributed by atoms with E-state index < -0.39 is 12.4 Å². The van der Waals surface area contributed by atoms with Crippen LogP contribution in [0.15, 0.2) is 0 Å². The number of Topliss-reactive ketones (excluding diaryl/α,β-unsaturated/α-hetero) is 2.